The second kappa shape index (κ2) is 9.40. The minimum absolute atomic E-state index is 0.0990. The maximum absolute atomic E-state index is 12.4. The summed E-state index contributed by atoms with van der Waals surface area (Å²) in [7, 11) is 0. The van der Waals surface area contributed by atoms with Crippen LogP contribution >= 0.6 is 11.8 Å². The van der Waals surface area contributed by atoms with Crippen LogP contribution in [0.1, 0.15) is 51.5 Å². The van der Waals surface area contributed by atoms with Gasteiger partial charge < -0.3 is 9.88 Å². The highest BCUT2D eigenvalue weighted by molar-refractivity contribution is 7.99. The molecule has 146 valence electrons. The number of carbonyl (C=O) groups excluding carboxylic acids is 1. The van der Waals surface area contributed by atoms with Gasteiger partial charge in [0.05, 0.1) is 5.75 Å². The molecule has 27 heavy (non-hydrogen) atoms. The lowest BCUT2D eigenvalue weighted by Crippen LogP contribution is -2.41. The smallest absolute Gasteiger partial charge is 0.230 e. The van der Waals surface area contributed by atoms with Crippen molar-refractivity contribution in [1.82, 2.24) is 20.1 Å². The van der Waals surface area contributed by atoms with Crippen LogP contribution in [0.2, 0.25) is 0 Å². The molecule has 1 aromatic carbocycles. The predicted molar refractivity (Wildman–Crippen MR) is 111 cm³/mol. The van der Waals surface area contributed by atoms with E-state index in [9.17, 15) is 4.79 Å². The fourth-order valence-electron chi connectivity index (χ4n) is 3.73. The highest BCUT2D eigenvalue weighted by Crippen LogP contribution is 2.26. The molecule has 0 aliphatic heterocycles. The molecule has 5 nitrogen and oxygen atoms in total. The fourth-order valence-corrected chi connectivity index (χ4v) is 4.50. The van der Waals surface area contributed by atoms with Crippen LogP contribution in [-0.2, 0) is 11.3 Å². The number of aromatic nitrogens is 3. The van der Waals surface area contributed by atoms with Gasteiger partial charge >= 0.3 is 0 Å². The van der Waals surface area contributed by atoms with Gasteiger partial charge in [0.2, 0.25) is 5.91 Å². The molecule has 1 heterocycles. The first-order chi connectivity index (χ1) is 13.1. The van der Waals surface area contributed by atoms with Crippen molar-refractivity contribution in [3.63, 3.8) is 0 Å². The van der Waals surface area contributed by atoms with Crippen LogP contribution in [-0.4, -0.2) is 32.5 Å². The van der Waals surface area contributed by atoms with E-state index in [4.69, 9.17) is 0 Å². The Morgan fingerprint density at radius 1 is 1.30 bits per heavy atom. The van der Waals surface area contributed by atoms with E-state index in [1.807, 2.05) is 6.07 Å². The van der Waals surface area contributed by atoms with E-state index < -0.39 is 0 Å². The number of benzene rings is 1. The van der Waals surface area contributed by atoms with Gasteiger partial charge in [-0.05, 0) is 38.2 Å². The maximum Gasteiger partial charge on any atom is 0.230 e. The molecule has 0 unspecified atom stereocenters. The molecule has 1 N–H and O–H groups in total. The number of amides is 1. The van der Waals surface area contributed by atoms with Crippen LogP contribution in [0.3, 0.4) is 0 Å². The number of hydrogen-bond acceptors (Lipinski definition) is 4. The molecule has 6 heteroatoms. The molecule has 1 aliphatic carbocycles. The number of rotatable bonds is 7. The summed E-state index contributed by atoms with van der Waals surface area (Å²) < 4.78 is 2.13. The summed E-state index contributed by atoms with van der Waals surface area (Å²) in [4.78, 5) is 12.4. The summed E-state index contributed by atoms with van der Waals surface area (Å²) in [5.41, 5.74) is 2.28. The molecule has 1 saturated carbocycles. The summed E-state index contributed by atoms with van der Waals surface area (Å²) in [6, 6.07) is 8.64. The van der Waals surface area contributed by atoms with Crippen molar-refractivity contribution in [3.05, 3.63) is 29.8 Å². The Morgan fingerprint density at radius 3 is 2.85 bits per heavy atom. The highest BCUT2D eigenvalue weighted by atomic mass is 32.2. The molecular formula is C21H30N4OS. The number of hydrogen-bond donors (Lipinski definition) is 1. The minimum atomic E-state index is 0.0990. The van der Waals surface area contributed by atoms with E-state index in [1.54, 1.807) is 0 Å². The largest absolute Gasteiger partial charge is 0.352 e. The van der Waals surface area contributed by atoms with Gasteiger partial charge in [-0.1, -0.05) is 62.2 Å². The number of nitrogens with zero attached hydrogens (tertiary/aromatic N) is 3. The van der Waals surface area contributed by atoms with Gasteiger partial charge in [0.15, 0.2) is 11.0 Å². The zero-order chi connectivity index (χ0) is 19.2. The fraction of sp³-hybridized carbons (Fsp3) is 0.571. The van der Waals surface area contributed by atoms with Crippen molar-refractivity contribution >= 4 is 17.7 Å². The van der Waals surface area contributed by atoms with Gasteiger partial charge in [0.1, 0.15) is 0 Å². The van der Waals surface area contributed by atoms with E-state index in [0.29, 0.717) is 17.7 Å². The zero-order valence-corrected chi connectivity index (χ0v) is 17.4. The summed E-state index contributed by atoms with van der Waals surface area (Å²) in [5, 5.41) is 12.8. The lowest BCUT2D eigenvalue weighted by Gasteiger charge is -2.29. The molecule has 1 aromatic heterocycles. The monoisotopic (exact) mass is 386 g/mol. The highest BCUT2D eigenvalue weighted by Gasteiger charge is 2.23. The summed E-state index contributed by atoms with van der Waals surface area (Å²) in [5.74, 6) is 1.94. The van der Waals surface area contributed by atoms with E-state index in [0.717, 1.165) is 35.9 Å². The van der Waals surface area contributed by atoms with Gasteiger partial charge in [0.25, 0.3) is 0 Å². The Balaban J connectivity index is 1.67. The quantitative estimate of drug-likeness (QED) is 0.714. The molecular weight excluding hydrogens is 356 g/mol. The summed E-state index contributed by atoms with van der Waals surface area (Å²) in [6.07, 6.45) is 5.80. The maximum atomic E-state index is 12.4. The number of carbonyl (C=O) groups is 1. The van der Waals surface area contributed by atoms with E-state index in [-0.39, 0.29) is 5.91 Å². The van der Waals surface area contributed by atoms with Crippen LogP contribution < -0.4 is 5.32 Å². The second-order valence-electron chi connectivity index (χ2n) is 7.55. The van der Waals surface area contributed by atoms with Gasteiger partial charge in [-0.2, -0.15) is 0 Å². The molecule has 0 spiro atoms. The number of aryl methyl sites for hydroxylation is 1. The normalized spacial score (nSPS) is 19.8. The van der Waals surface area contributed by atoms with Crippen molar-refractivity contribution in [2.45, 2.75) is 70.6 Å². The third-order valence-electron chi connectivity index (χ3n) is 5.23. The molecule has 0 saturated heterocycles. The van der Waals surface area contributed by atoms with Crippen LogP contribution in [0.15, 0.2) is 29.4 Å². The van der Waals surface area contributed by atoms with Gasteiger partial charge in [0, 0.05) is 18.2 Å². The molecule has 0 bridgehead atoms. The number of nitrogens with one attached hydrogen (secondary N) is 1. The van der Waals surface area contributed by atoms with Crippen LogP contribution in [0.25, 0.3) is 11.4 Å². The van der Waals surface area contributed by atoms with Crippen LogP contribution in [0, 0.1) is 12.8 Å². The first kappa shape index (κ1) is 19.9. The van der Waals surface area contributed by atoms with Gasteiger partial charge in [-0.25, -0.2) is 0 Å². The van der Waals surface area contributed by atoms with E-state index in [2.05, 4.69) is 59.1 Å². The average molecular weight is 387 g/mol. The van der Waals surface area contributed by atoms with Crippen LogP contribution in [0.4, 0.5) is 0 Å². The third-order valence-corrected chi connectivity index (χ3v) is 6.20. The summed E-state index contributed by atoms with van der Waals surface area (Å²) in [6.45, 7) is 7.31. The SMILES string of the molecule is CCCn1c(SCC(=O)N[C@@H]2CCCC[C@@H]2C)nnc1-c1cccc(C)c1. The molecule has 2 aromatic rings. The van der Waals surface area contributed by atoms with Crippen LogP contribution in [0.5, 0.6) is 0 Å². The first-order valence-corrected chi connectivity index (χ1v) is 11.0. The lowest BCUT2D eigenvalue weighted by molar-refractivity contribution is -0.119. The van der Waals surface area contributed by atoms with Crippen molar-refractivity contribution in [2.75, 3.05) is 5.75 Å². The molecule has 1 aliphatic rings. The van der Waals surface area contributed by atoms with Crippen molar-refractivity contribution in [2.24, 2.45) is 5.92 Å². The zero-order valence-electron chi connectivity index (χ0n) is 16.6. The average Bonchev–Trinajstić information content (AvgIpc) is 3.05. The van der Waals surface area contributed by atoms with Gasteiger partial charge in [-0.15, -0.1) is 10.2 Å². The summed E-state index contributed by atoms with van der Waals surface area (Å²) >= 11 is 1.48. The van der Waals surface area contributed by atoms with Crippen molar-refractivity contribution < 1.29 is 4.79 Å². The van der Waals surface area contributed by atoms with E-state index >= 15 is 0 Å². The van der Waals surface area contributed by atoms with Gasteiger partial charge in [-0.3, -0.25) is 4.79 Å². The Kier molecular flexibility index (Phi) is 6.94. The molecule has 1 amide bonds. The minimum Gasteiger partial charge on any atom is -0.352 e. The molecule has 0 radical (unpaired) electrons. The second-order valence-corrected chi connectivity index (χ2v) is 8.49. The molecule has 1 fully saturated rings. The Morgan fingerprint density at radius 2 is 2.11 bits per heavy atom. The van der Waals surface area contributed by atoms with E-state index in [1.165, 1.54) is 36.6 Å². The Labute approximate surface area is 166 Å². The Bertz CT molecular complexity index is 773. The Hall–Kier alpha value is -1.82. The van der Waals surface area contributed by atoms with Crippen molar-refractivity contribution in [1.29, 1.82) is 0 Å². The predicted octanol–water partition coefficient (Wildman–Crippen LogP) is 4.45. The number of thioether (sulfide) groups is 1. The topological polar surface area (TPSA) is 59.8 Å². The standard InChI is InChI=1S/C21H30N4OS/c1-4-12-25-20(17-10-7-8-15(2)13-17)23-24-21(25)27-14-19(26)22-18-11-6-5-9-16(18)3/h7-8,10,13,16,18H,4-6,9,11-12,14H2,1-3H3,(H,22,26)/t16-,18+/m0/s1. The lowest BCUT2D eigenvalue weighted by atomic mass is 9.86. The molecule has 3 rings (SSSR count). The molecule has 2 atom stereocenters. The first-order valence-electron chi connectivity index (χ1n) is 10.0. The third kappa shape index (κ3) is 5.12. The van der Waals surface area contributed by atoms with Crippen molar-refractivity contribution in [3.8, 4) is 11.4 Å².